The highest BCUT2D eigenvalue weighted by atomic mass is 79.9. The summed E-state index contributed by atoms with van der Waals surface area (Å²) in [5, 5.41) is 2.95. The molecular formula is C11H14BrF2N. The molecule has 4 heteroatoms. The standard InChI is InChI=1S/C11H14BrF2N/c1-2-3-4-5-15-11-9(12)6-8(13)7-10(11)14/h6-7,15H,2-5H2,1H3. The van der Waals surface area contributed by atoms with Gasteiger partial charge >= 0.3 is 0 Å². The summed E-state index contributed by atoms with van der Waals surface area (Å²) in [7, 11) is 0. The van der Waals surface area contributed by atoms with Crippen LogP contribution < -0.4 is 5.32 Å². The SMILES string of the molecule is CCCCCNc1c(F)cc(F)cc1Br. The van der Waals surface area contributed by atoms with Crippen LogP contribution in [-0.2, 0) is 0 Å². The summed E-state index contributed by atoms with van der Waals surface area (Å²) in [6.07, 6.45) is 3.21. The Labute approximate surface area is 97.0 Å². The van der Waals surface area contributed by atoms with E-state index in [9.17, 15) is 8.78 Å². The molecule has 1 nitrogen and oxygen atoms in total. The maximum absolute atomic E-state index is 13.3. The van der Waals surface area contributed by atoms with Gasteiger partial charge in [-0.1, -0.05) is 19.8 Å². The van der Waals surface area contributed by atoms with Crippen molar-refractivity contribution < 1.29 is 8.78 Å². The quantitative estimate of drug-likeness (QED) is 0.790. The van der Waals surface area contributed by atoms with E-state index in [1.54, 1.807) is 0 Å². The second-order valence-corrected chi connectivity index (χ2v) is 4.23. The van der Waals surface area contributed by atoms with Gasteiger partial charge in [0.2, 0.25) is 0 Å². The molecule has 0 spiro atoms. The number of nitrogens with one attached hydrogen (secondary N) is 1. The number of anilines is 1. The fourth-order valence-electron chi connectivity index (χ4n) is 1.30. The van der Waals surface area contributed by atoms with Crippen LogP contribution in [0.25, 0.3) is 0 Å². The van der Waals surface area contributed by atoms with Gasteiger partial charge in [-0.25, -0.2) is 8.78 Å². The summed E-state index contributed by atoms with van der Waals surface area (Å²) in [5.74, 6) is -1.13. The van der Waals surface area contributed by atoms with Gasteiger partial charge in [0.05, 0.1) is 5.69 Å². The summed E-state index contributed by atoms with van der Waals surface area (Å²) in [6, 6.07) is 2.14. The zero-order valence-corrected chi connectivity index (χ0v) is 10.2. The number of hydrogen-bond donors (Lipinski definition) is 1. The van der Waals surface area contributed by atoms with Gasteiger partial charge in [0, 0.05) is 17.1 Å². The molecule has 0 saturated carbocycles. The third kappa shape index (κ3) is 3.78. The van der Waals surface area contributed by atoms with E-state index in [1.165, 1.54) is 6.07 Å². The molecule has 0 atom stereocenters. The Kier molecular flexibility index (Phi) is 5.02. The van der Waals surface area contributed by atoms with E-state index in [0.717, 1.165) is 25.3 Å². The second kappa shape index (κ2) is 6.05. The van der Waals surface area contributed by atoms with Crippen molar-refractivity contribution in [2.45, 2.75) is 26.2 Å². The van der Waals surface area contributed by atoms with Crippen LogP contribution in [-0.4, -0.2) is 6.54 Å². The fraction of sp³-hybridized carbons (Fsp3) is 0.455. The molecule has 0 aliphatic carbocycles. The maximum Gasteiger partial charge on any atom is 0.150 e. The van der Waals surface area contributed by atoms with Crippen molar-refractivity contribution in [2.75, 3.05) is 11.9 Å². The van der Waals surface area contributed by atoms with Crippen LogP contribution in [0.15, 0.2) is 16.6 Å². The Balaban J connectivity index is 2.60. The van der Waals surface area contributed by atoms with Crippen LogP contribution in [0, 0.1) is 11.6 Å². The van der Waals surface area contributed by atoms with E-state index < -0.39 is 11.6 Å². The van der Waals surface area contributed by atoms with Crippen molar-refractivity contribution in [3.63, 3.8) is 0 Å². The molecule has 84 valence electrons. The Morgan fingerprint density at radius 2 is 2.00 bits per heavy atom. The molecule has 1 N–H and O–H groups in total. The Morgan fingerprint density at radius 3 is 2.60 bits per heavy atom. The van der Waals surface area contributed by atoms with Crippen LogP contribution in [0.5, 0.6) is 0 Å². The molecule has 0 fully saturated rings. The highest BCUT2D eigenvalue weighted by Gasteiger charge is 2.08. The first-order valence-corrected chi connectivity index (χ1v) is 5.83. The van der Waals surface area contributed by atoms with Crippen molar-refractivity contribution in [1.29, 1.82) is 0 Å². The van der Waals surface area contributed by atoms with E-state index in [0.29, 0.717) is 16.7 Å². The number of halogens is 3. The molecule has 0 amide bonds. The van der Waals surface area contributed by atoms with E-state index in [2.05, 4.69) is 28.2 Å². The molecule has 0 aromatic heterocycles. The van der Waals surface area contributed by atoms with Crippen LogP contribution in [0.2, 0.25) is 0 Å². The van der Waals surface area contributed by atoms with Gasteiger partial charge < -0.3 is 5.32 Å². The maximum atomic E-state index is 13.3. The third-order valence-electron chi connectivity index (χ3n) is 2.09. The molecule has 1 aromatic rings. The van der Waals surface area contributed by atoms with Gasteiger partial charge in [-0.3, -0.25) is 0 Å². The van der Waals surface area contributed by atoms with Crippen molar-refractivity contribution >= 4 is 21.6 Å². The first-order valence-electron chi connectivity index (χ1n) is 5.03. The molecule has 0 unspecified atom stereocenters. The van der Waals surface area contributed by atoms with Crippen molar-refractivity contribution in [2.24, 2.45) is 0 Å². The number of rotatable bonds is 5. The molecule has 0 radical (unpaired) electrons. The predicted octanol–water partition coefficient (Wildman–Crippen LogP) is 4.33. The van der Waals surface area contributed by atoms with Crippen molar-refractivity contribution in [3.05, 3.63) is 28.2 Å². The first kappa shape index (κ1) is 12.4. The molecule has 15 heavy (non-hydrogen) atoms. The minimum Gasteiger partial charge on any atom is -0.382 e. The van der Waals surface area contributed by atoms with Crippen LogP contribution in [0.1, 0.15) is 26.2 Å². The molecule has 0 aliphatic heterocycles. The number of hydrogen-bond acceptors (Lipinski definition) is 1. The molecule has 1 aromatic carbocycles. The summed E-state index contributed by atoms with van der Waals surface area (Å²) in [4.78, 5) is 0. The molecular weight excluding hydrogens is 264 g/mol. The lowest BCUT2D eigenvalue weighted by Crippen LogP contribution is -2.04. The number of benzene rings is 1. The third-order valence-corrected chi connectivity index (χ3v) is 2.71. The lowest BCUT2D eigenvalue weighted by Gasteiger charge is -2.09. The van der Waals surface area contributed by atoms with Gasteiger partial charge in [-0.2, -0.15) is 0 Å². The van der Waals surface area contributed by atoms with Gasteiger partial charge in [0.25, 0.3) is 0 Å². The molecule has 0 saturated heterocycles. The lowest BCUT2D eigenvalue weighted by atomic mass is 10.2. The van der Waals surface area contributed by atoms with Gasteiger partial charge in [0.1, 0.15) is 11.6 Å². The highest BCUT2D eigenvalue weighted by molar-refractivity contribution is 9.10. The van der Waals surface area contributed by atoms with Crippen molar-refractivity contribution in [1.82, 2.24) is 0 Å². The topological polar surface area (TPSA) is 12.0 Å². The Morgan fingerprint density at radius 1 is 1.27 bits per heavy atom. The summed E-state index contributed by atoms with van der Waals surface area (Å²) in [6.45, 7) is 2.81. The van der Waals surface area contributed by atoms with Gasteiger partial charge in [-0.05, 0) is 28.4 Å². The average molecular weight is 278 g/mol. The van der Waals surface area contributed by atoms with Crippen molar-refractivity contribution in [3.8, 4) is 0 Å². The Bertz CT molecular complexity index is 305. The minimum atomic E-state index is -0.571. The second-order valence-electron chi connectivity index (χ2n) is 3.38. The van der Waals surface area contributed by atoms with Crippen LogP contribution in [0.3, 0.4) is 0 Å². The number of unbranched alkanes of at least 4 members (excludes halogenated alkanes) is 2. The van der Waals surface area contributed by atoms with E-state index in [4.69, 9.17) is 0 Å². The normalized spacial score (nSPS) is 10.4. The summed E-state index contributed by atoms with van der Waals surface area (Å²) >= 11 is 3.12. The summed E-state index contributed by atoms with van der Waals surface area (Å²) < 4.78 is 26.5. The molecule has 0 aliphatic rings. The zero-order valence-electron chi connectivity index (χ0n) is 8.62. The van der Waals surface area contributed by atoms with E-state index >= 15 is 0 Å². The smallest absolute Gasteiger partial charge is 0.150 e. The minimum absolute atomic E-state index is 0.340. The fourth-order valence-corrected chi connectivity index (χ4v) is 1.85. The van der Waals surface area contributed by atoms with Crippen LogP contribution >= 0.6 is 15.9 Å². The average Bonchev–Trinajstić information content (AvgIpc) is 2.15. The van der Waals surface area contributed by atoms with Gasteiger partial charge in [-0.15, -0.1) is 0 Å². The first-order chi connectivity index (χ1) is 7.15. The molecule has 0 bridgehead atoms. The molecule has 1 rings (SSSR count). The van der Waals surface area contributed by atoms with E-state index in [1.807, 2.05) is 0 Å². The lowest BCUT2D eigenvalue weighted by molar-refractivity contribution is 0.583. The summed E-state index contributed by atoms with van der Waals surface area (Å²) in [5.41, 5.74) is 0.340. The zero-order chi connectivity index (χ0) is 11.3. The highest BCUT2D eigenvalue weighted by Crippen LogP contribution is 2.26. The largest absolute Gasteiger partial charge is 0.382 e. The van der Waals surface area contributed by atoms with Crippen LogP contribution in [0.4, 0.5) is 14.5 Å². The van der Waals surface area contributed by atoms with E-state index in [-0.39, 0.29) is 0 Å². The Hall–Kier alpha value is -0.640. The molecule has 0 heterocycles. The monoisotopic (exact) mass is 277 g/mol. The predicted molar refractivity (Wildman–Crippen MR) is 62.1 cm³/mol. The van der Waals surface area contributed by atoms with Gasteiger partial charge in [0.15, 0.2) is 0 Å².